The predicted octanol–water partition coefficient (Wildman–Crippen LogP) is 1.65. The van der Waals surface area contributed by atoms with Gasteiger partial charge in [0.25, 0.3) is 0 Å². The molecule has 2 heterocycles. The highest BCUT2D eigenvalue weighted by atomic mass is 19.1. The zero-order valence-electron chi connectivity index (χ0n) is 11.6. The van der Waals surface area contributed by atoms with Gasteiger partial charge in [-0.1, -0.05) is 0 Å². The van der Waals surface area contributed by atoms with Crippen molar-refractivity contribution in [2.45, 2.75) is 6.42 Å². The maximum Gasteiger partial charge on any atom is 0.150 e. The van der Waals surface area contributed by atoms with Crippen molar-refractivity contribution < 1.29 is 13.9 Å². The average Bonchev–Trinajstić information content (AvgIpc) is 2.99. The van der Waals surface area contributed by atoms with Crippen molar-refractivity contribution >= 4 is 5.69 Å². The summed E-state index contributed by atoms with van der Waals surface area (Å²) >= 11 is 0. The third kappa shape index (κ3) is 3.22. The SMILES string of the molecule is Fc1cc(OCC2CCOC2)ccc1N1CCNCC1. The van der Waals surface area contributed by atoms with E-state index in [2.05, 4.69) is 10.2 Å². The first kappa shape index (κ1) is 13.6. The van der Waals surface area contributed by atoms with Crippen molar-refractivity contribution in [3.8, 4) is 5.75 Å². The van der Waals surface area contributed by atoms with Crippen LogP contribution in [0.1, 0.15) is 6.42 Å². The molecule has 1 aromatic carbocycles. The molecule has 1 aromatic rings. The summed E-state index contributed by atoms with van der Waals surface area (Å²) in [5, 5.41) is 3.27. The molecule has 20 heavy (non-hydrogen) atoms. The van der Waals surface area contributed by atoms with Crippen molar-refractivity contribution in [3.05, 3.63) is 24.0 Å². The zero-order chi connectivity index (χ0) is 13.8. The highest BCUT2D eigenvalue weighted by molar-refractivity contribution is 5.51. The molecule has 0 spiro atoms. The highest BCUT2D eigenvalue weighted by Gasteiger charge is 2.18. The fourth-order valence-corrected chi connectivity index (χ4v) is 2.67. The van der Waals surface area contributed by atoms with Crippen LogP contribution in [0.2, 0.25) is 0 Å². The summed E-state index contributed by atoms with van der Waals surface area (Å²) < 4.78 is 25.1. The van der Waals surface area contributed by atoms with E-state index in [1.165, 1.54) is 6.07 Å². The smallest absolute Gasteiger partial charge is 0.150 e. The second-order valence-corrected chi connectivity index (χ2v) is 5.39. The van der Waals surface area contributed by atoms with Crippen LogP contribution >= 0.6 is 0 Å². The predicted molar refractivity (Wildman–Crippen MR) is 75.9 cm³/mol. The van der Waals surface area contributed by atoms with Crippen LogP contribution in [-0.4, -0.2) is 46.0 Å². The quantitative estimate of drug-likeness (QED) is 0.909. The third-order valence-corrected chi connectivity index (χ3v) is 3.89. The molecule has 1 N–H and O–H groups in total. The van der Waals surface area contributed by atoms with E-state index in [1.54, 1.807) is 0 Å². The molecule has 2 aliphatic rings. The van der Waals surface area contributed by atoms with Crippen LogP contribution < -0.4 is 15.0 Å². The van der Waals surface area contributed by atoms with Gasteiger partial charge in [0.15, 0.2) is 0 Å². The van der Waals surface area contributed by atoms with Gasteiger partial charge in [-0.25, -0.2) is 4.39 Å². The number of hydrogen-bond donors (Lipinski definition) is 1. The van der Waals surface area contributed by atoms with E-state index in [0.717, 1.165) is 45.8 Å². The monoisotopic (exact) mass is 280 g/mol. The van der Waals surface area contributed by atoms with E-state index in [9.17, 15) is 4.39 Å². The van der Waals surface area contributed by atoms with Crippen LogP contribution in [-0.2, 0) is 4.74 Å². The maximum atomic E-state index is 14.2. The maximum absolute atomic E-state index is 14.2. The Morgan fingerprint density at radius 1 is 1.35 bits per heavy atom. The summed E-state index contributed by atoms with van der Waals surface area (Å²) in [4.78, 5) is 2.07. The van der Waals surface area contributed by atoms with Gasteiger partial charge in [-0.2, -0.15) is 0 Å². The lowest BCUT2D eigenvalue weighted by molar-refractivity contribution is 0.167. The van der Waals surface area contributed by atoms with Gasteiger partial charge in [-0.15, -0.1) is 0 Å². The summed E-state index contributed by atoms with van der Waals surface area (Å²) in [5.74, 6) is 0.839. The fraction of sp³-hybridized carbons (Fsp3) is 0.600. The Bertz CT molecular complexity index is 443. The largest absolute Gasteiger partial charge is 0.493 e. The lowest BCUT2D eigenvalue weighted by Gasteiger charge is -2.29. The standard InChI is InChI=1S/C15H21FN2O2/c16-14-9-13(20-11-12-3-8-19-10-12)1-2-15(14)18-6-4-17-5-7-18/h1-2,9,12,17H,3-8,10-11H2. The molecule has 0 amide bonds. The first-order chi connectivity index (χ1) is 9.83. The molecule has 5 heteroatoms. The van der Waals surface area contributed by atoms with Crippen LogP contribution in [0.5, 0.6) is 5.75 Å². The summed E-state index contributed by atoms with van der Waals surface area (Å²) in [7, 11) is 0. The van der Waals surface area contributed by atoms with Gasteiger partial charge in [-0.05, 0) is 18.6 Å². The Labute approximate surface area is 118 Å². The molecule has 3 rings (SSSR count). The molecule has 0 radical (unpaired) electrons. The lowest BCUT2D eigenvalue weighted by Crippen LogP contribution is -2.43. The molecule has 2 aliphatic heterocycles. The fourth-order valence-electron chi connectivity index (χ4n) is 2.67. The number of nitrogens with zero attached hydrogens (tertiary/aromatic N) is 1. The summed E-state index contributed by atoms with van der Waals surface area (Å²) in [6.07, 6.45) is 1.03. The minimum Gasteiger partial charge on any atom is -0.493 e. The average molecular weight is 280 g/mol. The molecule has 0 aliphatic carbocycles. The van der Waals surface area contributed by atoms with E-state index in [4.69, 9.17) is 9.47 Å². The number of halogens is 1. The van der Waals surface area contributed by atoms with Crippen molar-refractivity contribution in [1.82, 2.24) is 5.32 Å². The Kier molecular flexibility index (Phi) is 4.38. The second-order valence-electron chi connectivity index (χ2n) is 5.39. The second kappa shape index (κ2) is 6.41. The first-order valence-electron chi connectivity index (χ1n) is 7.29. The van der Waals surface area contributed by atoms with Gasteiger partial charge in [0.1, 0.15) is 11.6 Å². The minimum absolute atomic E-state index is 0.202. The Morgan fingerprint density at radius 3 is 2.90 bits per heavy atom. The van der Waals surface area contributed by atoms with E-state index >= 15 is 0 Å². The number of hydrogen-bond acceptors (Lipinski definition) is 4. The molecular weight excluding hydrogens is 259 g/mol. The van der Waals surface area contributed by atoms with Gasteiger partial charge >= 0.3 is 0 Å². The molecule has 1 unspecified atom stereocenters. The van der Waals surface area contributed by atoms with Gasteiger partial charge < -0.3 is 19.7 Å². The minimum atomic E-state index is -0.202. The molecule has 4 nitrogen and oxygen atoms in total. The molecule has 110 valence electrons. The summed E-state index contributed by atoms with van der Waals surface area (Å²) in [6, 6.07) is 5.17. The van der Waals surface area contributed by atoms with Crippen LogP contribution in [0.15, 0.2) is 18.2 Å². The zero-order valence-corrected chi connectivity index (χ0v) is 11.6. The van der Waals surface area contributed by atoms with Gasteiger partial charge in [-0.3, -0.25) is 0 Å². The molecule has 2 fully saturated rings. The molecule has 1 atom stereocenters. The Morgan fingerprint density at radius 2 is 2.20 bits per heavy atom. The van der Waals surface area contributed by atoms with Crippen molar-refractivity contribution in [1.29, 1.82) is 0 Å². The van der Waals surface area contributed by atoms with Crippen molar-refractivity contribution in [2.24, 2.45) is 5.92 Å². The van der Waals surface area contributed by atoms with Crippen molar-refractivity contribution in [2.75, 3.05) is 50.9 Å². The first-order valence-corrected chi connectivity index (χ1v) is 7.29. The van der Waals surface area contributed by atoms with E-state index < -0.39 is 0 Å². The van der Waals surface area contributed by atoms with Gasteiger partial charge in [0.2, 0.25) is 0 Å². The van der Waals surface area contributed by atoms with E-state index in [-0.39, 0.29) is 5.82 Å². The van der Waals surface area contributed by atoms with Gasteiger partial charge in [0.05, 0.1) is 18.9 Å². The topological polar surface area (TPSA) is 33.7 Å². The highest BCUT2D eigenvalue weighted by Crippen LogP contribution is 2.25. The van der Waals surface area contributed by atoms with Crippen LogP contribution in [0.3, 0.4) is 0 Å². The normalized spacial score (nSPS) is 23.1. The number of piperazine rings is 1. The summed E-state index contributed by atoms with van der Waals surface area (Å²) in [5.41, 5.74) is 0.669. The Hall–Kier alpha value is -1.33. The van der Waals surface area contributed by atoms with Crippen LogP contribution in [0.4, 0.5) is 10.1 Å². The number of nitrogens with one attached hydrogen (secondary N) is 1. The number of rotatable bonds is 4. The van der Waals surface area contributed by atoms with Gasteiger partial charge in [0, 0.05) is 44.8 Å². The lowest BCUT2D eigenvalue weighted by atomic mass is 10.1. The van der Waals surface area contributed by atoms with E-state index in [0.29, 0.717) is 24.0 Å². The third-order valence-electron chi connectivity index (χ3n) is 3.89. The molecular formula is C15H21FN2O2. The molecule has 2 saturated heterocycles. The number of benzene rings is 1. The van der Waals surface area contributed by atoms with Crippen LogP contribution in [0, 0.1) is 11.7 Å². The Balaban J connectivity index is 1.60. The number of anilines is 1. The molecule has 0 bridgehead atoms. The van der Waals surface area contributed by atoms with Crippen molar-refractivity contribution in [3.63, 3.8) is 0 Å². The van der Waals surface area contributed by atoms with E-state index in [1.807, 2.05) is 12.1 Å². The number of ether oxygens (including phenoxy) is 2. The summed E-state index contributed by atoms with van der Waals surface area (Å²) in [6.45, 7) is 5.66. The molecule has 0 saturated carbocycles. The molecule has 0 aromatic heterocycles. The van der Waals surface area contributed by atoms with Crippen LogP contribution in [0.25, 0.3) is 0 Å².